The van der Waals surface area contributed by atoms with Crippen LogP contribution in [0.25, 0.3) is 0 Å². The molecule has 62 valence electrons. The average Bonchev–Trinajstić information content (AvgIpc) is 2.01. The summed E-state index contributed by atoms with van der Waals surface area (Å²) in [5.41, 5.74) is 0. The molecule has 1 N–H and O–H groups in total. The Labute approximate surface area is 69.8 Å². The van der Waals surface area contributed by atoms with E-state index in [1.165, 1.54) is 0 Å². The Kier molecular flexibility index (Phi) is 1.30. The maximum Gasteiger partial charge on any atom is 0.228 e. The predicted octanol–water partition coefficient (Wildman–Crippen LogP) is 0.389. The van der Waals surface area contributed by atoms with Gasteiger partial charge in [-0.1, -0.05) is 0 Å². The van der Waals surface area contributed by atoms with Gasteiger partial charge in [-0.25, -0.2) is 0 Å². The summed E-state index contributed by atoms with van der Waals surface area (Å²) in [6.45, 7) is 3.93. The summed E-state index contributed by atoms with van der Waals surface area (Å²) in [4.78, 5) is 12.5. The molecule has 2 aliphatic heterocycles. The number of carbonyl (C=O) groups excluding carboxylic acids is 1. The van der Waals surface area contributed by atoms with Gasteiger partial charge in [-0.15, -0.1) is 11.8 Å². The second-order valence-electron chi connectivity index (χ2n) is 3.55. The van der Waals surface area contributed by atoms with E-state index in [9.17, 15) is 9.90 Å². The van der Waals surface area contributed by atoms with Crippen LogP contribution in [-0.2, 0) is 4.79 Å². The number of aliphatic hydroxyl groups is 1. The summed E-state index contributed by atoms with van der Waals surface area (Å²) >= 11 is 1.68. The Bertz CT molecular complexity index is 216. The molecule has 4 heteroatoms. The summed E-state index contributed by atoms with van der Waals surface area (Å²) in [6.07, 6.45) is 0.0178. The van der Waals surface area contributed by atoms with Crippen molar-refractivity contribution in [3.63, 3.8) is 0 Å². The van der Waals surface area contributed by atoms with Crippen LogP contribution in [0, 0.1) is 0 Å². The van der Waals surface area contributed by atoms with Crippen LogP contribution < -0.4 is 0 Å². The van der Waals surface area contributed by atoms with E-state index in [-0.39, 0.29) is 16.0 Å². The first-order valence-electron chi connectivity index (χ1n) is 3.69. The second-order valence-corrected chi connectivity index (χ2v) is 5.39. The molecule has 0 radical (unpaired) electrons. The topological polar surface area (TPSA) is 40.5 Å². The maximum atomic E-state index is 11.0. The molecule has 0 spiro atoms. The molecule has 0 aromatic heterocycles. The van der Waals surface area contributed by atoms with Crippen LogP contribution in [0.1, 0.15) is 20.3 Å². The monoisotopic (exact) mass is 173 g/mol. The third kappa shape index (κ3) is 0.825. The highest BCUT2D eigenvalue weighted by Gasteiger charge is 2.54. The van der Waals surface area contributed by atoms with Gasteiger partial charge in [0.15, 0.2) is 0 Å². The van der Waals surface area contributed by atoms with Crippen LogP contribution >= 0.6 is 11.8 Å². The fraction of sp³-hybridized carbons (Fsp3) is 0.857. The van der Waals surface area contributed by atoms with Crippen molar-refractivity contribution in [2.45, 2.75) is 36.6 Å². The molecular formula is C7H11NO2S. The Balaban J connectivity index is 2.22. The number of thioether (sulfide) groups is 1. The summed E-state index contributed by atoms with van der Waals surface area (Å²) in [6, 6.07) is 0. The van der Waals surface area contributed by atoms with E-state index < -0.39 is 6.23 Å². The predicted molar refractivity (Wildman–Crippen MR) is 42.9 cm³/mol. The first-order valence-corrected chi connectivity index (χ1v) is 4.57. The molecule has 2 fully saturated rings. The van der Waals surface area contributed by atoms with Gasteiger partial charge < -0.3 is 10.0 Å². The van der Waals surface area contributed by atoms with Gasteiger partial charge in [-0.05, 0) is 13.8 Å². The summed E-state index contributed by atoms with van der Waals surface area (Å²) in [7, 11) is 0. The largest absolute Gasteiger partial charge is 0.372 e. The first kappa shape index (κ1) is 7.43. The molecule has 3 nitrogen and oxygen atoms in total. The minimum Gasteiger partial charge on any atom is -0.372 e. The molecule has 2 aliphatic rings. The summed E-state index contributed by atoms with van der Waals surface area (Å²) in [5.74, 6) is 0.0839. The van der Waals surface area contributed by atoms with Crippen LogP contribution in [-0.4, -0.2) is 32.3 Å². The lowest BCUT2D eigenvalue weighted by Crippen LogP contribution is -2.53. The Morgan fingerprint density at radius 3 is 2.73 bits per heavy atom. The molecule has 0 bridgehead atoms. The van der Waals surface area contributed by atoms with Crippen LogP contribution in [0.2, 0.25) is 0 Å². The van der Waals surface area contributed by atoms with E-state index in [0.717, 1.165) is 0 Å². The van der Waals surface area contributed by atoms with Gasteiger partial charge in [-0.3, -0.25) is 4.79 Å². The molecule has 2 rings (SSSR count). The van der Waals surface area contributed by atoms with Crippen molar-refractivity contribution in [2.24, 2.45) is 0 Å². The van der Waals surface area contributed by atoms with Crippen molar-refractivity contribution < 1.29 is 9.90 Å². The quantitative estimate of drug-likeness (QED) is 0.539. The third-order valence-corrected chi connectivity index (χ3v) is 3.76. The second kappa shape index (κ2) is 1.93. The lowest BCUT2D eigenvalue weighted by molar-refractivity contribution is -0.155. The molecule has 0 aromatic rings. The average molecular weight is 173 g/mol. The first-order chi connectivity index (χ1) is 5.02. The molecule has 0 saturated carbocycles. The SMILES string of the molecule is CC1(C)S[C@@H]2CC(=O)N2C1O. The van der Waals surface area contributed by atoms with Crippen LogP contribution in [0.4, 0.5) is 0 Å². The van der Waals surface area contributed by atoms with Crippen molar-refractivity contribution in [1.82, 2.24) is 4.90 Å². The molecular weight excluding hydrogens is 162 g/mol. The maximum absolute atomic E-state index is 11.0. The highest BCUT2D eigenvalue weighted by molar-refractivity contribution is 8.01. The molecule has 1 amide bonds. The summed E-state index contributed by atoms with van der Waals surface area (Å²) < 4.78 is -0.184. The van der Waals surface area contributed by atoms with Crippen molar-refractivity contribution in [2.75, 3.05) is 0 Å². The van der Waals surface area contributed by atoms with Gasteiger partial charge in [0.05, 0.1) is 16.5 Å². The molecule has 0 aromatic carbocycles. The van der Waals surface area contributed by atoms with Gasteiger partial charge in [0.2, 0.25) is 5.91 Å². The van der Waals surface area contributed by atoms with Crippen LogP contribution in [0.3, 0.4) is 0 Å². The Morgan fingerprint density at radius 2 is 2.36 bits per heavy atom. The van der Waals surface area contributed by atoms with E-state index in [4.69, 9.17) is 0 Å². The fourth-order valence-corrected chi connectivity index (χ4v) is 3.05. The molecule has 0 aliphatic carbocycles. The zero-order chi connectivity index (χ0) is 8.22. The Morgan fingerprint density at radius 1 is 1.73 bits per heavy atom. The minimum atomic E-state index is -0.584. The number of aliphatic hydroxyl groups excluding tert-OH is 1. The number of amides is 1. The van der Waals surface area contributed by atoms with Gasteiger partial charge >= 0.3 is 0 Å². The number of hydrogen-bond acceptors (Lipinski definition) is 3. The van der Waals surface area contributed by atoms with Crippen molar-refractivity contribution in [3.8, 4) is 0 Å². The van der Waals surface area contributed by atoms with E-state index >= 15 is 0 Å². The van der Waals surface area contributed by atoms with Gasteiger partial charge in [0.25, 0.3) is 0 Å². The Hall–Kier alpha value is -0.220. The highest BCUT2D eigenvalue weighted by Crippen LogP contribution is 2.49. The molecule has 2 atom stereocenters. The molecule has 2 saturated heterocycles. The van der Waals surface area contributed by atoms with E-state index in [2.05, 4.69) is 0 Å². The number of rotatable bonds is 0. The minimum absolute atomic E-state index is 0.0839. The van der Waals surface area contributed by atoms with E-state index in [1.54, 1.807) is 16.7 Å². The normalized spacial score (nSPS) is 40.3. The van der Waals surface area contributed by atoms with E-state index in [1.807, 2.05) is 13.8 Å². The van der Waals surface area contributed by atoms with Crippen LogP contribution in [0.5, 0.6) is 0 Å². The highest BCUT2D eigenvalue weighted by atomic mass is 32.2. The number of β-lactam (4-membered cyclic amide) rings is 1. The van der Waals surface area contributed by atoms with Gasteiger partial charge in [0, 0.05) is 0 Å². The smallest absolute Gasteiger partial charge is 0.228 e. The van der Waals surface area contributed by atoms with Crippen molar-refractivity contribution >= 4 is 17.7 Å². The molecule has 1 unspecified atom stereocenters. The van der Waals surface area contributed by atoms with E-state index in [0.29, 0.717) is 6.42 Å². The lowest BCUT2D eigenvalue weighted by atomic mass is 10.1. The zero-order valence-electron chi connectivity index (χ0n) is 6.57. The van der Waals surface area contributed by atoms with Gasteiger partial charge in [0.1, 0.15) is 6.23 Å². The van der Waals surface area contributed by atoms with Gasteiger partial charge in [-0.2, -0.15) is 0 Å². The number of carbonyl (C=O) groups is 1. The molecule has 2 heterocycles. The third-order valence-electron chi connectivity index (χ3n) is 2.27. The fourth-order valence-electron chi connectivity index (χ4n) is 1.54. The number of hydrogen-bond donors (Lipinski definition) is 1. The van der Waals surface area contributed by atoms with Crippen molar-refractivity contribution in [3.05, 3.63) is 0 Å². The number of nitrogens with zero attached hydrogens (tertiary/aromatic N) is 1. The molecule has 11 heavy (non-hydrogen) atoms. The summed E-state index contributed by atoms with van der Waals surface area (Å²) in [5, 5.41) is 9.84. The lowest BCUT2D eigenvalue weighted by Gasteiger charge is -2.35. The van der Waals surface area contributed by atoms with Crippen LogP contribution in [0.15, 0.2) is 0 Å². The number of fused-ring (bicyclic) bond motifs is 1. The zero-order valence-corrected chi connectivity index (χ0v) is 7.39. The standard InChI is InChI=1S/C7H11NO2S/c1-7(2)6(10)8-4(9)3-5(8)11-7/h5-6,10H,3H2,1-2H3/t5-,6?/m1/s1. The van der Waals surface area contributed by atoms with Crippen molar-refractivity contribution in [1.29, 1.82) is 0 Å².